The van der Waals surface area contributed by atoms with Crippen molar-refractivity contribution in [2.45, 2.75) is 26.2 Å². The van der Waals surface area contributed by atoms with Crippen LogP contribution in [-0.4, -0.2) is 21.7 Å². The highest BCUT2D eigenvalue weighted by Gasteiger charge is 2.20. The fraction of sp³-hybridized carbons (Fsp3) is 0.143. The summed E-state index contributed by atoms with van der Waals surface area (Å²) in [5.74, 6) is 0. The molecule has 3 nitrogen and oxygen atoms in total. The van der Waals surface area contributed by atoms with E-state index >= 15 is 0 Å². The smallest absolute Gasteiger partial charge is 0.423 e. The number of nitrogens with zero attached hydrogens (tertiary/aromatic N) is 1. The van der Waals surface area contributed by atoms with Crippen molar-refractivity contribution in [2.24, 2.45) is 0 Å². The van der Waals surface area contributed by atoms with Crippen LogP contribution in [0.1, 0.15) is 26.3 Å². The van der Waals surface area contributed by atoms with Gasteiger partial charge in [0, 0.05) is 16.5 Å². The first-order valence-electron chi connectivity index (χ1n) is 10.9. The Labute approximate surface area is 188 Å². The average Bonchev–Trinajstić information content (AvgIpc) is 3.12. The number of aromatic nitrogens is 1. The maximum atomic E-state index is 9.77. The molecule has 4 aromatic carbocycles. The summed E-state index contributed by atoms with van der Waals surface area (Å²) in [5, 5.41) is 21.7. The molecule has 32 heavy (non-hydrogen) atoms. The van der Waals surface area contributed by atoms with E-state index in [1.54, 1.807) is 6.07 Å². The van der Waals surface area contributed by atoms with E-state index in [-0.39, 0.29) is 5.41 Å². The Hall–Kier alpha value is -3.34. The molecule has 5 aromatic rings. The number of hydrogen-bond acceptors (Lipinski definition) is 2. The van der Waals surface area contributed by atoms with Gasteiger partial charge in [-0.2, -0.15) is 0 Å². The van der Waals surface area contributed by atoms with E-state index in [4.69, 9.17) is 0 Å². The van der Waals surface area contributed by atoms with Gasteiger partial charge in [-0.3, -0.25) is 0 Å². The summed E-state index contributed by atoms with van der Waals surface area (Å²) < 4.78 is 2.26. The highest BCUT2D eigenvalue weighted by atomic mass is 16.4. The molecule has 1 aromatic heterocycles. The first-order chi connectivity index (χ1) is 15.3. The van der Waals surface area contributed by atoms with Crippen molar-refractivity contribution in [2.75, 3.05) is 0 Å². The summed E-state index contributed by atoms with van der Waals surface area (Å²) in [5.41, 5.74) is 7.32. The molecule has 158 valence electrons. The van der Waals surface area contributed by atoms with Gasteiger partial charge in [0.25, 0.3) is 0 Å². The lowest BCUT2D eigenvalue weighted by molar-refractivity contribution is 0.426. The summed E-state index contributed by atoms with van der Waals surface area (Å²) in [4.78, 5) is 0. The van der Waals surface area contributed by atoms with E-state index < -0.39 is 7.12 Å². The maximum Gasteiger partial charge on any atom is 0.488 e. The molecule has 0 saturated heterocycles. The van der Waals surface area contributed by atoms with Gasteiger partial charge in [0.05, 0.1) is 11.0 Å². The summed E-state index contributed by atoms with van der Waals surface area (Å²) in [6, 6.07) is 31.2. The lowest BCUT2D eigenvalue weighted by Gasteiger charge is -2.19. The molecule has 0 atom stereocenters. The van der Waals surface area contributed by atoms with Crippen molar-refractivity contribution in [3.63, 3.8) is 0 Å². The lowest BCUT2D eigenvalue weighted by atomic mass is 9.79. The van der Waals surface area contributed by atoms with Crippen LogP contribution in [0.3, 0.4) is 0 Å². The minimum Gasteiger partial charge on any atom is -0.423 e. The molecule has 0 saturated carbocycles. The third-order valence-electron chi connectivity index (χ3n) is 6.16. The van der Waals surface area contributed by atoms with Crippen LogP contribution in [-0.2, 0) is 5.41 Å². The normalized spacial score (nSPS) is 11.9. The van der Waals surface area contributed by atoms with Gasteiger partial charge in [-0.1, -0.05) is 81.4 Å². The molecular formula is C28H26BNO2. The molecule has 2 N–H and O–H groups in total. The Morgan fingerprint density at radius 3 is 2.00 bits per heavy atom. The Morgan fingerprint density at radius 2 is 1.31 bits per heavy atom. The fourth-order valence-electron chi connectivity index (χ4n) is 4.40. The molecule has 1 heterocycles. The molecule has 0 bridgehead atoms. The van der Waals surface area contributed by atoms with Crippen LogP contribution >= 0.6 is 0 Å². The van der Waals surface area contributed by atoms with Crippen LogP contribution in [0.4, 0.5) is 0 Å². The van der Waals surface area contributed by atoms with E-state index in [2.05, 4.69) is 92.1 Å². The van der Waals surface area contributed by atoms with Gasteiger partial charge in [0.1, 0.15) is 0 Å². The van der Waals surface area contributed by atoms with Crippen LogP contribution < -0.4 is 5.46 Å². The van der Waals surface area contributed by atoms with Gasteiger partial charge in [-0.25, -0.2) is 0 Å². The van der Waals surface area contributed by atoms with Crippen LogP contribution in [0.25, 0.3) is 38.6 Å². The SMILES string of the molecule is CC(C)(C)c1ccc2c(c1)c1cc(B(O)O)ccc1n2-c1cccc(-c2ccccc2)c1. The van der Waals surface area contributed by atoms with Gasteiger partial charge < -0.3 is 14.6 Å². The van der Waals surface area contributed by atoms with Crippen molar-refractivity contribution in [3.8, 4) is 16.8 Å². The Bertz CT molecular complexity index is 1430. The second-order valence-corrected chi connectivity index (χ2v) is 9.38. The van der Waals surface area contributed by atoms with Crippen molar-refractivity contribution in [3.05, 3.63) is 96.6 Å². The monoisotopic (exact) mass is 419 g/mol. The van der Waals surface area contributed by atoms with Gasteiger partial charge in [0.2, 0.25) is 0 Å². The largest absolute Gasteiger partial charge is 0.488 e. The second kappa shape index (κ2) is 7.66. The standard InChI is InChI=1S/C28H26BNO2/c1-28(2,3)21-12-14-26-24(17-21)25-18-22(29(31)32)13-15-27(25)30(26)23-11-7-10-20(16-23)19-8-5-4-6-9-19/h4-18,31-32H,1-3H3. The first-order valence-corrected chi connectivity index (χ1v) is 10.9. The third kappa shape index (κ3) is 3.52. The van der Waals surface area contributed by atoms with Crippen molar-refractivity contribution >= 4 is 34.4 Å². The van der Waals surface area contributed by atoms with Gasteiger partial charge in [0.15, 0.2) is 0 Å². The highest BCUT2D eigenvalue weighted by molar-refractivity contribution is 6.59. The summed E-state index contributed by atoms with van der Waals surface area (Å²) in [7, 11) is -1.50. The van der Waals surface area contributed by atoms with Crippen molar-refractivity contribution in [1.29, 1.82) is 0 Å². The fourth-order valence-corrected chi connectivity index (χ4v) is 4.40. The summed E-state index contributed by atoms with van der Waals surface area (Å²) in [6.07, 6.45) is 0. The van der Waals surface area contributed by atoms with Crippen LogP contribution in [0.15, 0.2) is 91.0 Å². The van der Waals surface area contributed by atoms with Crippen molar-refractivity contribution in [1.82, 2.24) is 4.57 Å². The predicted molar refractivity (Wildman–Crippen MR) is 135 cm³/mol. The first kappa shape index (κ1) is 20.6. The molecule has 0 aliphatic heterocycles. The van der Waals surface area contributed by atoms with E-state index in [0.29, 0.717) is 5.46 Å². The number of hydrogen-bond donors (Lipinski definition) is 2. The summed E-state index contributed by atoms with van der Waals surface area (Å²) in [6.45, 7) is 6.62. The summed E-state index contributed by atoms with van der Waals surface area (Å²) >= 11 is 0. The lowest BCUT2D eigenvalue weighted by Crippen LogP contribution is -2.29. The number of benzene rings is 4. The number of fused-ring (bicyclic) bond motifs is 3. The Morgan fingerprint density at radius 1 is 0.656 bits per heavy atom. The molecule has 0 radical (unpaired) electrons. The minimum absolute atomic E-state index is 0.0178. The Balaban J connectivity index is 1.81. The molecular weight excluding hydrogens is 393 g/mol. The quantitative estimate of drug-likeness (QED) is 0.383. The molecule has 5 rings (SSSR count). The van der Waals surface area contributed by atoms with E-state index in [0.717, 1.165) is 33.1 Å². The predicted octanol–water partition coefficient (Wildman–Crippen LogP) is 5.43. The van der Waals surface area contributed by atoms with Gasteiger partial charge >= 0.3 is 7.12 Å². The highest BCUT2D eigenvalue weighted by Crippen LogP contribution is 2.35. The van der Waals surface area contributed by atoms with Crippen molar-refractivity contribution < 1.29 is 10.0 Å². The zero-order chi connectivity index (χ0) is 22.5. The Kier molecular flexibility index (Phi) is 4.92. The van der Waals surface area contributed by atoms with E-state index in [9.17, 15) is 10.0 Å². The molecule has 0 aliphatic rings. The van der Waals surface area contributed by atoms with Gasteiger partial charge in [-0.15, -0.1) is 0 Å². The van der Waals surface area contributed by atoms with E-state index in [1.807, 2.05) is 18.2 Å². The maximum absolute atomic E-state index is 9.77. The molecule has 4 heteroatoms. The van der Waals surface area contributed by atoms with E-state index in [1.165, 1.54) is 11.1 Å². The molecule has 0 spiro atoms. The molecule has 0 aliphatic carbocycles. The third-order valence-corrected chi connectivity index (χ3v) is 6.16. The van der Waals surface area contributed by atoms with Gasteiger partial charge in [-0.05, 0) is 57.9 Å². The second-order valence-electron chi connectivity index (χ2n) is 9.38. The molecule has 0 amide bonds. The zero-order valence-corrected chi connectivity index (χ0v) is 18.6. The van der Waals surface area contributed by atoms with Crippen LogP contribution in [0, 0.1) is 0 Å². The minimum atomic E-state index is -1.50. The topological polar surface area (TPSA) is 45.4 Å². The molecule has 0 unspecified atom stereocenters. The average molecular weight is 419 g/mol. The molecule has 0 fully saturated rings. The van der Waals surface area contributed by atoms with Crippen LogP contribution in [0.5, 0.6) is 0 Å². The van der Waals surface area contributed by atoms with Crippen LogP contribution in [0.2, 0.25) is 0 Å². The number of rotatable bonds is 3. The zero-order valence-electron chi connectivity index (χ0n) is 18.6.